The summed E-state index contributed by atoms with van der Waals surface area (Å²) in [5.41, 5.74) is 0. The average Bonchev–Trinajstić information content (AvgIpc) is 2.10. The molecule has 0 saturated carbocycles. The third-order valence-corrected chi connectivity index (χ3v) is 1.31. The van der Waals surface area contributed by atoms with E-state index in [0.717, 1.165) is 5.23 Å². The lowest BCUT2D eigenvalue weighted by atomic mass is 10.2. The van der Waals surface area contributed by atoms with Crippen LogP contribution in [-0.2, 0) is 9.68 Å². The molecule has 0 heterocycles. The zero-order chi connectivity index (χ0) is 11.1. The summed E-state index contributed by atoms with van der Waals surface area (Å²) in [5, 5.41) is 0.931. The maximum absolute atomic E-state index is 11.4. The molecule has 0 bridgehead atoms. The van der Waals surface area contributed by atoms with E-state index >= 15 is 0 Å². The van der Waals surface area contributed by atoms with Gasteiger partial charge in [-0.3, -0.25) is 0 Å². The molecule has 5 heteroatoms. The van der Waals surface area contributed by atoms with Crippen LogP contribution in [0.2, 0.25) is 0 Å². The summed E-state index contributed by atoms with van der Waals surface area (Å²) in [6.07, 6.45) is 0. The molecule has 0 aliphatic carbocycles. The van der Waals surface area contributed by atoms with E-state index in [0.29, 0.717) is 19.1 Å². The SMILES string of the molecule is CCON(OCC(C)C)C(=O)N(C)C. The van der Waals surface area contributed by atoms with Crippen molar-refractivity contribution in [2.45, 2.75) is 20.8 Å². The molecule has 0 atom stereocenters. The first-order valence-corrected chi connectivity index (χ1v) is 4.76. The number of carbonyl (C=O) groups is 1. The van der Waals surface area contributed by atoms with Crippen LogP contribution >= 0.6 is 0 Å². The van der Waals surface area contributed by atoms with Crippen LogP contribution in [0.5, 0.6) is 0 Å². The van der Waals surface area contributed by atoms with E-state index in [9.17, 15) is 4.79 Å². The highest BCUT2D eigenvalue weighted by Gasteiger charge is 2.17. The fourth-order valence-corrected chi connectivity index (χ4v) is 0.645. The van der Waals surface area contributed by atoms with Gasteiger partial charge in [-0.05, 0) is 12.8 Å². The molecule has 0 aliphatic rings. The minimum atomic E-state index is -0.312. The van der Waals surface area contributed by atoms with Crippen molar-refractivity contribution in [3.63, 3.8) is 0 Å². The van der Waals surface area contributed by atoms with Gasteiger partial charge in [0.2, 0.25) is 0 Å². The predicted octanol–water partition coefficient (Wildman–Crippen LogP) is 1.51. The van der Waals surface area contributed by atoms with Gasteiger partial charge in [0.1, 0.15) is 0 Å². The zero-order valence-corrected chi connectivity index (χ0v) is 9.61. The largest absolute Gasteiger partial charge is 0.369 e. The first-order chi connectivity index (χ1) is 6.49. The van der Waals surface area contributed by atoms with Gasteiger partial charge in [-0.1, -0.05) is 19.1 Å². The molecule has 0 fully saturated rings. The Balaban J connectivity index is 4.07. The van der Waals surface area contributed by atoms with Gasteiger partial charge in [0, 0.05) is 14.1 Å². The van der Waals surface area contributed by atoms with E-state index in [1.54, 1.807) is 21.0 Å². The van der Waals surface area contributed by atoms with Crippen LogP contribution in [0.15, 0.2) is 0 Å². The Morgan fingerprint density at radius 2 is 1.86 bits per heavy atom. The Morgan fingerprint density at radius 3 is 2.21 bits per heavy atom. The molecule has 0 rings (SSSR count). The van der Waals surface area contributed by atoms with Crippen LogP contribution in [0.4, 0.5) is 4.79 Å². The molecule has 5 nitrogen and oxygen atoms in total. The number of hydrogen-bond donors (Lipinski definition) is 0. The summed E-state index contributed by atoms with van der Waals surface area (Å²) in [4.78, 5) is 23.1. The van der Waals surface area contributed by atoms with Crippen LogP contribution in [-0.4, -0.2) is 43.5 Å². The molecule has 84 valence electrons. The van der Waals surface area contributed by atoms with Gasteiger partial charge in [-0.25, -0.2) is 14.5 Å². The molecule has 0 aromatic rings. The van der Waals surface area contributed by atoms with Gasteiger partial charge < -0.3 is 4.90 Å². The van der Waals surface area contributed by atoms with Crippen LogP contribution < -0.4 is 0 Å². The van der Waals surface area contributed by atoms with Gasteiger partial charge in [-0.2, -0.15) is 0 Å². The Kier molecular flexibility index (Phi) is 6.23. The molecule has 0 aliphatic heterocycles. The number of urea groups is 1. The maximum Gasteiger partial charge on any atom is 0.369 e. The molecule has 0 N–H and O–H groups in total. The van der Waals surface area contributed by atoms with Gasteiger partial charge >= 0.3 is 6.03 Å². The van der Waals surface area contributed by atoms with E-state index in [1.807, 2.05) is 13.8 Å². The summed E-state index contributed by atoms with van der Waals surface area (Å²) >= 11 is 0. The fraction of sp³-hybridized carbons (Fsp3) is 0.889. The summed E-state index contributed by atoms with van der Waals surface area (Å²) in [6, 6.07) is -0.312. The first-order valence-electron chi connectivity index (χ1n) is 4.76. The van der Waals surface area contributed by atoms with E-state index in [-0.39, 0.29) is 6.03 Å². The summed E-state index contributed by atoms with van der Waals surface area (Å²) in [7, 11) is 3.29. The van der Waals surface area contributed by atoms with Crippen molar-refractivity contribution in [2.24, 2.45) is 5.92 Å². The van der Waals surface area contributed by atoms with Crippen molar-refractivity contribution >= 4 is 6.03 Å². The second-order valence-electron chi connectivity index (χ2n) is 3.54. The van der Waals surface area contributed by atoms with Crippen LogP contribution in [0.3, 0.4) is 0 Å². The molecule has 2 amide bonds. The normalized spacial score (nSPS) is 10.4. The monoisotopic (exact) mass is 204 g/mol. The summed E-state index contributed by atoms with van der Waals surface area (Å²) < 4.78 is 0. The fourth-order valence-electron chi connectivity index (χ4n) is 0.645. The lowest BCUT2D eigenvalue weighted by Gasteiger charge is -2.23. The smallest absolute Gasteiger partial charge is 0.327 e. The number of hydrogen-bond acceptors (Lipinski definition) is 3. The van der Waals surface area contributed by atoms with E-state index < -0.39 is 0 Å². The average molecular weight is 204 g/mol. The zero-order valence-electron chi connectivity index (χ0n) is 9.61. The molecule has 14 heavy (non-hydrogen) atoms. The Hall–Kier alpha value is -0.810. The molecule has 0 unspecified atom stereocenters. The van der Waals surface area contributed by atoms with Gasteiger partial charge in [0.15, 0.2) is 0 Å². The molecular formula is C9H20N2O3. The summed E-state index contributed by atoms with van der Waals surface area (Å²) in [5.74, 6) is 0.355. The minimum absolute atomic E-state index is 0.312. The predicted molar refractivity (Wildman–Crippen MR) is 53.3 cm³/mol. The second kappa shape index (κ2) is 6.62. The van der Waals surface area contributed by atoms with E-state index in [4.69, 9.17) is 9.68 Å². The van der Waals surface area contributed by atoms with Crippen molar-refractivity contribution in [2.75, 3.05) is 27.3 Å². The first kappa shape index (κ1) is 13.2. The molecule has 0 saturated heterocycles. The Bertz CT molecular complexity index is 171. The molecule has 0 aromatic carbocycles. The Morgan fingerprint density at radius 1 is 1.29 bits per heavy atom. The van der Waals surface area contributed by atoms with Gasteiger partial charge in [0.05, 0.1) is 13.2 Å². The molecule has 0 spiro atoms. The molecular weight excluding hydrogens is 184 g/mol. The summed E-state index contributed by atoms with van der Waals surface area (Å²) in [6.45, 7) is 6.67. The number of carbonyl (C=O) groups excluding carboxylic acids is 1. The number of nitrogens with zero attached hydrogens (tertiary/aromatic N) is 2. The van der Waals surface area contributed by atoms with Crippen molar-refractivity contribution < 1.29 is 14.5 Å². The van der Waals surface area contributed by atoms with Gasteiger partial charge in [-0.15, -0.1) is 0 Å². The number of rotatable bonds is 5. The van der Waals surface area contributed by atoms with Crippen molar-refractivity contribution in [3.05, 3.63) is 0 Å². The van der Waals surface area contributed by atoms with Gasteiger partial charge in [0.25, 0.3) is 0 Å². The van der Waals surface area contributed by atoms with Crippen LogP contribution in [0.25, 0.3) is 0 Å². The lowest BCUT2D eigenvalue weighted by molar-refractivity contribution is -0.331. The van der Waals surface area contributed by atoms with Crippen molar-refractivity contribution in [3.8, 4) is 0 Å². The minimum Gasteiger partial charge on any atom is -0.327 e. The standard InChI is InChI=1S/C9H20N2O3/c1-6-13-11(9(12)10(4)5)14-7-8(2)3/h8H,6-7H2,1-5H3. The van der Waals surface area contributed by atoms with E-state index in [1.165, 1.54) is 4.90 Å². The number of amides is 2. The highest BCUT2D eigenvalue weighted by Crippen LogP contribution is 2.01. The maximum atomic E-state index is 11.4. The highest BCUT2D eigenvalue weighted by molar-refractivity contribution is 5.71. The van der Waals surface area contributed by atoms with Crippen LogP contribution in [0, 0.1) is 5.92 Å². The number of hydroxylamine groups is 2. The molecule has 0 radical (unpaired) electrons. The van der Waals surface area contributed by atoms with Crippen molar-refractivity contribution in [1.82, 2.24) is 10.1 Å². The van der Waals surface area contributed by atoms with E-state index in [2.05, 4.69) is 0 Å². The van der Waals surface area contributed by atoms with Crippen molar-refractivity contribution in [1.29, 1.82) is 0 Å². The highest BCUT2D eigenvalue weighted by atomic mass is 17.0. The third-order valence-electron chi connectivity index (χ3n) is 1.31. The lowest BCUT2D eigenvalue weighted by Crippen LogP contribution is -2.39. The topological polar surface area (TPSA) is 42.0 Å². The van der Waals surface area contributed by atoms with Crippen LogP contribution in [0.1, 0.15) is 20.8 Å². The second-order valence-corrected chi connectivity index (χ2v) is 3.54. The quantitative estimate of drug-likeness (QED) is 0.637. The Labute approximate surface area is 85.5 Å². The molecule has 0 aromatic heterocycles. The third kappa shape index (κ3) is 5.04.